The molecule has 0 saturated carbocycles. The molecule has 0 aliphatic rings. The van der Waals surface area contributed by atoms with E-state index in [-0.39, 0.29) is 12.0 Å². The summed E-state index contributed by atoms with van der Waals surface area (Å²) in [5.41, 5.74) is -1.81. The Morgan fingerprint density at radius 1 is 1.47 bits per heavy atom. The second-order valence-electron chi connectivity index (χ2n) is 3.16. The molecule has 0 bridgehead atoms. The Kier molecular flexibility index (Phi) is 4.68. The van der Waals surface area contributed by atoms with E-state index < -0.39 is 28.4 Å². The number of nitro benzene ring substituents is 1. The van der Waals surface area contributed by atoms with Gasteiger partial charge in [-0.25, -0.2) is 8.78 Å². The van der Waals surface area contributed by atoms with Crippen molar-refractivity contribution in [2.75, 3.05) is 5.33 Å². The van der Waals surface area contributed by atoms with Crippen LogP contribution < -0.4 is 0 Å². The Bertz CT molecular complexity index is 451. The van der Waals surface area contributed by atoms with Gasteiger partial charge in [-0.2, -0.15) is 0 Å². The van der Waals surface area contributed by atoms with Crippen LogP contribution in [-0.4, -0.2) is 16.0 Å². The van der Waals surface area contributed by atoms with Crippen LogP contribution in [0.4, 0.5) is 14.5 Å². The van der Waals surface area contributed by atoms with Crippen molar-refractivity contribution >= 4 is 27.4 Å². The number of nitrogens with zero attached hydrogens (tertiary/aromatic N) is 1. The zero-order chi connectivity index (χ0) is 13.0. The number of benzene rings is 1. The number of alkyl halides is 3. The number of halogens is 3. The fourth-order valence-electron chi connectivity index (χ4n) is 1.41. The summed E-state index contributed by atoms with van der Waals surface area (Å²) in [5, 5.41) is 10.9. The number of Topliss-reactive ketones (excluding diaryl/α,β-unsaturated/α-hetero) is 1. The molecule has 0 aromatic heterocycles. The molecule has 4 nitrogen and oxygen atoms in total. The molecule has 1 aromatic rings. The van der Waals surface area contributed by atoms with Crippen LogP contribution in [0.3, 0.4) is 0 Å². The molecule has 0 amide bonds. The predicted molar refractivity (Wildman–Crippen MR) is 60.8 cm³/mol. The zero-order valence-corrected chi connectivity index (χ0v) is 10.1. The van der Waals surface area contributed by atoms with Gasteiger partial charge in [0, 0.05) is 23.4 Å². The second kappa shape index (κ2) is 5.81. The number of carbonyl (C=O) groups is 1. The Morgan fingerprint density at radius 2 is 2.12 bits per heavy atom. The van der Waals surface area contributed by atoms with Crippen LogP contribution >= 0.6 is 15.9 Å². The van der Waals surface area contributed by atoms with E-state index in [9.17, 15) is 23.7 Å². The lowest BCUT2D eigenvalue weighted by Gasteiger charge is -2.07. The van der Waals surface area contributed by atoms with E-state index in [0.29, 0.717) is 5.33 Å². The van der Waals surface area contributed by atoms with Gasteiger partial charge >= 0.3 is 0 Å². The molecule has 17 heavy (non-hydrogen) atoms. The lowest BCUT2D eigenvalue weighted by molar-refractivity contribution is -0.386. The molecular weight excluding hydrogens is 300 g/mol. The summed E-state index contributed by atoms with van der Waals surface area (Å²) in [7, 11) is 0. The molecule has 7 heteroatoms. The Balaban J connectivity index is 3.35. The SMILES string of the molecule is O=C(CCBr)c1cccc([N+](=O)[O-])c1C(F)F. The number of ketones is 1. The van der Waals surface area contributed by atoms with Gasteiger partial charge in [-0.05, 0) is 0 Å². The summed E-state index contributed by atoms with van der Waals surface area (Å²) >= 11 is 3.01. The van der Waals surface area contributed by atoms with Crippen LogP contribution in [0.1, 0.15) is 28.8 Å². The van der Waals surface area contributed by atoms with Crippen LogP contribution in [0, 0.1) is 10.1 Å². The summed E-state index contributed by atoms with van der Waals surface area (Å²) in [6, 6.07) is 3.37. The van der Waals surface area contributed by atoms with Crippen LogP contribution in [0.5, 0.6) is 0 Å². The maximum Gasteiger partial charge on any atom is 0.279 e. The standard InChI is InChI=1S/C10H8BrF2NO3/c11-5-4-8(15)6-2-1-3-7(14(16)17)9(6)10(12)13/h1-3,10H,4-5H2. The Hall–Kier alpha value is -1.37. The average Bonchev–Trinajstić information content (AvgIpc) is 2.28. The molecule has 0 unspecified atom stereocenters. The molecule has 0 radical (unpaired) electrons. The molecule has 0 N–H and O–H groups in total. The normalized spacial score (nSPS) is 10.6. The number of carbonyl (C=O) groups excluding carboxylic acids is 1. The maximum atomic E-state index is 12.8. The van der Waals surface area contributed by atoms with E-state index >= 15 is 0 Å². The van der Waals surface area contributed by atoms with Crippen LogP contribution in [0.25, 0.3) is 0 Å². The summed E-state index contributed by atoms with van der Waals surface area (Å²) in [4.78, 5) is 21.3. The van der Waals surface area contributed by atoms with E-state index in [2.05, 4.69) is 15.9 Å². The molecule has 1 aromatic carbocycles. The first-order valence-corrected chi connectivity index (χ1v) is 5.75. The van der Waals surface area contributed by atoms with Crippen molar-refractivity contribution in [1.82, 2.24) is 0 Å². The molecule has 0 aliphatic heterocycles. The van der Waals surface area contributed by atoms with E-state index in [1.54, 1.807) is 0 Å². The quantitative estimate of drug-likeness (QED) is 0.362. The van der Waals surface area contributed by atoms with Crippen molar-refractivity contribution in [1.29, 1.82) is 0 Å². The molecular formula is C10H8BrF2NO3. The highest BCUT2D eigenvalue weighted by Crippen LogP contribution is 2.32. The van der Waals surface area contributed by atoms with Gasteiger partial charge in [0.2, 0.25) is 0 Å². The highest BCUT2D eigenvalue weighted by molar-refractivity contribution is 9.09. The van der Waals surface area contributed by atoms with Gasteiger partial charge in [-0.3, -0.25) is 14.9 Å². The molecule has 0 aliphatic carbocycles. The highest BCUT2D eigenvalue weighted by atomic mass is 79.9. The first-order valence-electron chi connectivity index (χ1n) is 4.63. The van der Waals surface area contributed by atoms with Crippen molar-refractivity contribution in [3.8, 4) is 0 Å². The van der Waals surface area contributed by atoms with Gasteiger partial charge in [-0.15, -0.1) is 0 Å². The van der Waals surface area contributed by atoms with Crippen LogP contribution in [-0.2, 0) is 0 Å². The third-order valence-electron chi connectivity index (χ3n) is 2.12. The van der Waals surface area contributed by atoms with Gasteiger partial charge in [-0.1, -0.05) is 28.1 Å². The van der Waals surface area contributed by atoms with Crippen LogP contribution in [0.15, 0.2) is 18.2 Å². The third-order valence-corrected chi connectivity index (χ3v) is 2.52. The average molecular weight is 308 g/mol. The van der Waals surface area contributed by atoms with Gasteiger partial charge in [0.05, 0.1) is 4.92 Å². The molecule has 92 valence electrons. The fraction of sp³-hybridized carbons (Fsp3) is 0.300. The van der Waals surface area contributed by atoms with Crippen molar-refractivity contribution in [2.24, 2.45) is 0 Å². The largest absolute Gasteiger partial charge is 0.294 e. The van der Waals surface area contributed by atoms with Gasteiger partial charge in [0.15, 0.2) is 5.78 Å². The van der Waals surface area contributed by atoms with Crippen LogP contribution in [0.2, 0.25) is 0 Å². The Labute approximate surface area is 104 Å². The molecule has 0 saturated heterocycles. The van der Waals surface area contributed by atoms with Gasteiger partial charge < -0.3 is 0 Å². The maximum absolute atomic E-state index is 12.8. The lowest BCUT2D eigenvalue weighted by Crippen LogP contribution is -2.07. The monoisotopic (exact) mass is 307 g/mol. The number of hydrogen-bond donors (Lipinski definition) is 0. The first-order chi connectivity index (χ1) is 7.99. The molecule has 1 rings (SSSR count). The van der Waals surface area contributed by atoms with Gasteiger partial charge in [0.1, 0.15) is 5.56 Å². The summed E-state index contributed by atoms with van der Waals surface area (Å²) in [6.45, 7) is 0. The van der Waals surface area contributed by atoms with Gasteiger partial charge in [0.25, 0.3) is 12.1 Å². The smallest absolute Gasteiger partial charge is 0.279 e. The fourth-order valence-corrected chi connectivity index (χ4v) is 1.77. The highest BCUT2D eigenvalue weighted by Gasteiger charge is 2.27. The van der Waals surface area contributed by atoms with Crippen molar-refractivity contribution < 1.29 is 18.5 Å². The predicted octanol–water partition coefficient (Wildman–Crippen LogP) is 3.50. The van der Waals surface area contributed by atoms with Crippen molar-refractivity contribution in [3.63, 3.8) is 0 Å². The third kappa shape index (κ3) is 3.06. The Morgan fingerprint density at radius 3 is 2.59 bits per heavy atom. The van der Waals surface area contributed by atoms with Crippen molar-refractivity contribution in [2.45, 2.75) is 12.8 Å². The van der Waals surface area contributed by atoms with Crippen molar-refractivity contribution in [3.05, 3.63) is 39.4 Å². The number of rotatable bonds is 5. The first kappa shape index (κ1) is 13.7. The summed E-state index contributed by atoms with van der Waals surface area (Å²) in [6.07, 6.45) is -3.04. The topological polar surface area (TPSA) is 60.2 Å². The summed E-state index contributed by atoms with van der Waals surface area (Å²) < 4.78 is 25.6. The van der Waals surface area contributed by atoms with E-state index in [0.717, 1.165) is 6.07 Å². The van der Waals surface area contributed by atoms with E-state index in [1.165, 1.54) is 12.1 Å². The molecule has 0 atom stereocenters. The minimum absolute atomic E-state index is 0.0148. The summed E-state index contributed by atoms with van der Waals surface area (Å²) in [5.74, 6) is -0.541. The van der Waals surface area contributed by atoms with E-state index in [1.807, 2.05) is 0 Å². The minimum Gasteiger partial charge on any atom is -0.294 e. The lowest BCUT2D eigenvalue weighted by atomic mass is 10.0. The zero-order valence-electron chi connectivity index (χ0n) is 8.53. The number of nitro groups is 1. The second-order valence-corrected chi connectivity index (χ2v) is 3.95. The van der Waals surface area contributed by atoms with E-state index in [4.69, 9.17) is 0 Å². The number of hydrogen-bond acceptors (Lipinski definition) is 3. The minimum atomic E-state index is -3.05. The molecule has 0 heterocycles. The molecule has 0 spiro atoms. The molecule has 0 fully saturated rings.